The zero-order valence-corrected chi connectivity index (χ0v) is 14.4. The summed E-state index contributed by atoms with van der Waals surface area (Å²) in [5.41, 5.74) is 6.44. The van der Waals surface area contributed by atoms with Crippen molar-refractivity contribution in [2.24, 2.45) is 0 Å². The van der Waals surface area contributed by atoms with Gasteiger partial charge in [-0.2, -0.15) is 0 Å². The molecule has 23 heavy (non-hydrogen) atoms. The molecule has 2 aliphatic rings. The van der Waals surface area contributed by atoms with Crippen LogP contribution in [0.1, 0.15) is 22.7 Å². The van der Waals surface area contributed by atoms with E-state index in [1.54, 1.807) is 14.2 Å². The van der Waals surface area contributed by atoms with Crippen LogP contribution in [-0.2, 0) is 12.8 Å². The van der Waals surface area contributed by atoms with Gasteiger partial charge >= 0.3 is 0 Å². The van der Waals surface area contributed by atoms with Gasteiger partial charge in [0, 0.05) is 23.2 Å². The molecule has 0 N–H and O–H groups in total. The highest BCUT2D eigenvalue weighted by atomic mass is 35.5. The van der Waals surface area contributed by atoms with Crippen molar-refractivity contribution in [1.29, 1.82) is 0 Å². The van der Waals surface area contributed by atoms with Gasteiger partial charge < -0.3 is 9.47 Å². The summed E-state index contributed by atoms with van der Waals surface area (Å²) < 4.78 is 11.4. The minimum Gasteiger partial charge on any atom is -0.493 e. The van der Waals surface area contributed by atoms with E-state index >= 15 is 0 Å². The van der Waals surface area contributed by atoms with Crippen LogP contribution in [-0.4, -0.2) is 32.7 Å². The van der Waals surface area contributed by atoms with E-state index in [4.69, 9.17) is 21.1 Å². The number of ether oxygens (including phenoxy) is 2. The maximum absolute atomic E-state index is 6.24. The molecule has 1 aliphatic heterocycles. The average molecular weight is 330 g/mol. The predicted octanol–water partition coefficient (Wildman–Crippen LogP) is 4.11. The fourth-order valence-electron chi connectivity index (χ4n) is 4.03. The van der Waals surface area contributed by atoms with Gasteiger partial charge in [0.1, 0.15) is 0 Å². The summed E-state index contributed by atoms with van der Waals surface area (Å²) in [5.74, 6) is 1.64. The molecule has 120 valence electrons. The molecular formula is C19H20ClNO2. The van der Waals surface area contributed by atoms with Gasteiger partial charge in [0.2, 0.25) is 0 Å². The zero-order valence-electron chi connectivity index (χ0n) is 13.6. The molecule has 0 amide bonds. The Hall–Kier alpha value is -1.71. The zero-order chi connectivity index (χ0) is 16.1. The third-order valence-corrected chi connectivity index (χ3v) is 5.38. The van der Waals surface area contributed by atoms with Gasteiger partial charge in [-0.05, 0) is 60.3 Å². The lowest BCUT2D eigenvalue weighted by molar-refractivity contribution is 0.226. The summed E-state index contributed by atoms with van der Waals surface area (Å²) in [5, 5.41) is 0.785. The molecule has 1 heterocycles. The molecule has 0 fully saturated rings. The summed E-state index contributed by atoms with van der Waals surface area (Å²) in [6.07, 6.45) is 2.03. The van der Waals surface area contributed by atoms with Crippen LogP contribution >= 0.6 is 11.6 Å². The number of halogens is 1. The van der Waals surface area contributed by atoms with Gasteiger partial charge in [0.15, 0.2) is 11.5 Å². The Morgan fingerprint density at radius 2 is 1.96 bits per heavy atom. The van der Waals surface area contributed by atoms with E-state index in [1.165, 1.54) is 27.8 Å². The van der Waals surface area contributed by atoms with Gasteiger partial charge in [-0.3, -0.25) is 4.90 Å². The van der Waals surface area contributed by atoms with Crippen molar-refractivity contribution in [1.82, 2.24) is 4.90 Å². The minimum absolute atomic E-state index is 0.375. The maximum atomic E-state index is 6.24. The van der Waals surface area contributed by atoms with Crippen LogP contribution in [0, 0.1) is 0 Å². The number of hydrogen-bond acceptors (Lipinski definition) is 3. The number of nitrogens with zero attached hydrogens (tertiary/aromatic N) is 1. The molecule has 0 saturated heterocycles. The first-order chi connectivity index (χ1) is 11.1. The van der Waals surface area contributed by atoms with Crippen LogP contribution in [0.4, 0.5) is 0 Å². The van der Waals surface area contributed by atoms with Gasteiger partial charge in [0.05, 0.1) is 14.2 Å². The third-order valence-electron chi connectivity index (χ3n) is 5.14. The van der Waals surface area contributed by atoms with E-state index in [-0.39, 0.29) is 0 Å². The van der Waals surface area contributed by atoms with E-state index in [9.17, 15) is 0 Å². The summed E-state index contributed by atoms with van der Waals surface area (Å²) in [4.78, 5) is 2.43. The number of benzene rings is 2. The Balaban J connectivity index is 2.08. The highest BCUT2D eigenvalue weighted by Crippen LogP contribution is 2.52. The summed E-state index contributed by atoms with van der Waals surface area (Å²) in [7, 11) is 5.62. The van der Waals surface area contributed by atoms with Crippen LogP contribution in [0.3, 0.4) is 0 Å². The van der Waals surface area contributed by atoms with Gasteiger partial charge in [-0.25, -0.2) is 0 Å². The molecule has 0 aromatic heterocycles. The highest BCUT2D eigenvalue weighted by Gasteiger charge is 2.36. The first-order valence-electron chi connectivity index (χ1n) is 7.90. The first kappa shape index (κ1) is 14.9. The van der Waals surface area contributed by atoms with Crippen LogP contribution in [0.2, 0.25) is 5.02 Å². The molecule has 2 aromatic carbocycles. The Morgan fingerprint density at radius 3 is 2.70 bits per heavy atom. The topological polar surface area (TPSA) is 21.7 Å². The van der Waals surface area contributed by atoms with Crippen LogP contribution < -0.4 is 9.47 Å². The number of likely N-dealkylation sites (N-methyl/N-ethyl adjacent to an activating group) is 1. The second kappa shape index (κ2) is 5.43. The van der Waals surface area contributed by atoms with Crippen molar-refractivity contribution < 1.29 is 9.47 Å². The van der Waals surface area contributed by atoms with E-state index in [2.05, 4.69) is 30.1 Å². The van der Waals surface area contributed by atoms with E-state index in [1.807, 2.05) is 6.07 Å². The lowest BCUT2D eigenvalue weighted by Crippen LogP contribution is -2.35. The molecule has 1 unspecified atom stereocenters. The van der Waals surface area contributed by atoms with Crippen molar-refractivity contribution in [2.45, 2.75) is 18.9 Å². The summed E-state index contributed by atoms with van der Waals surface area (Å²) >= 11 is 6.24. The number of methoxy groups -OCH3 is 2. The predicted molar refractivity (Wildman–Crippen MR) is 92.8 cm³/mol. The fraction of sp³-hybridized carbons (Fsp3) is 0.368. The highest BCUT2D eigenvalue weighted by molar-refractivity contribution is 6.30. The Labute approximate surface area is 141 Å². The second-order valence-corrected chi connectivity index (χ2v) is 6.75. The van der Waals surface area contributed by atoms with Crippen molar-refractivity contribution in [2.75, 3.05) is 27.8 Å². The molecule has 3 nitrogen and oxygen atoms in total. The molecule has 0 bridgehead atoms. The molecule has 0 spiro atoms. The molecule has 1 atom stereocenters. The molecular weight excluding hydrogens is 310 g/mol. The number of hydrogen-bond donors (Lipinski definition) is 0. The summed E-state index contributed by atoms with van der Waals surface area (Å²) in [6, 6.07) is 8.68. The third kappa shape index (κ3) is 2.14. The van der Waals surface area contributed by atoms with E-state index < -0.39 is 0 Å². The normalized spacial score (nSPS) is 19.0. The van der Waals surface area contributed by atoms with Crippen molar-refractivity contribution in [3.8, 4) is 22.6 Å². The Bertz CT molecular complexity index is 787. The van der Waals surface area contributed by atoms with Crippen LogP contribution in [0.25, 0.3) is 11.1 Å². The lowest BCUT2D eigenvalue weighted by Gasteiger charge is -2.40. The Morgan fingerprint density at radius 1 is 1.13 bits per heavy atom. The number of rotatable bonds is 2. The SMILES string of the molecule is COc1cc2c3c(c1OC)-c1ccc(Cl)cc1CC3N(C)CC2. The average Bonchev–Trinajstić information content (AvgIpc) is 2.56. The lowest BCUT2D eigenvalue weighted by atomic mass is 9.76. The molecule has 2 aromatic rings. The van der Waals surface area contributed by atoms with Crippen LogP contribution in [0.15, 0.2) is 24.3 Å². The van der Waals surface area contributed by atoms with Gasteiger partial charge in [-0.1, -0.05) is 17.7 Å². The maximum Gasteiger partial charge on any atom is 0.168 e. The van der Waals surface area contributed by atoms with Crippen molar-refractivity contribution >= 4 is 11.6 Å². The fourth-order valence-corrected chi connectivity index (χ4v) is 4.23. The summed E-state index contributed by atoms with van der Waals surface area (Å²) in [6.45, 7) is 1.06. The van der Waals surface area contributed by atoms with Gasteiger partial charge in [-0.15, -0.1) is 0 Å². The van der Waals surface area contributed by atoms with Crippen LogP contribution in [0.5, 0.6) is 11.5 Å². The molecule has 0 saturated carbocycles. The second-order valence-electron chi connectivity index (χ2n) is 6.31. The monoisotopic (exact) mass is 329 g/mol. The molecule has 1 aliphatic carbocycles. The largest absolute Gasteiger partial charge is 0.493 e. The Kier molecular flexibility index (Phi) is 3.51. The van der Waals surface area contributed by atoms with E-state index in [0.717, 1.165) is 35.9 Å². The quantitative estimate of drug-likeness (QED) is 0.827. The number of fused-ring (bicyclic) bond motifs is 2. The van der Waals surface area contributed by atoms with E-state index in [0.29, 0.717) is 6.04 Å². The molecule has 0 radical (unpaired) electrons. The minimum atomic E-state index is 0.375. The molecule has 4 heteroatoms. The van der Waals surface area contributed by atoms with Crippen molar-refractivity contribution in [3.63, 3.8) is 0 Å². The molecule has 4 rings (SSSR count). The van der Waals surface area contributed by atoms with Crippen molar-refractivity contribution in [3.05, 3.63) is 46.0 Å². The smallest absolute Gasteiger partial charge is 0.168 e. The standard InChI is InChI=1S/C19H20ClNO2/c1-21-7-6-11-10-16(22-2)19(23-3)18-14-5-4-13(20)8-12(14)9-15(21)17(11)18/h4-5,8,10,15H,6-7,9H2,1-3H3. The van der Waals surface area contributed by atoms with Gasteiger partial charge in [0.25, 0.3) is 0 Å². The first-order valence-corrected chi connectivity index (χ1v) is 8.28.